The summed E-state index contributed by atoms with van der Waals surface area (Å²) in [6, 6.07) is 12.6. The van der Waals surface area contributed by atoms with Crippen molar-refractivity contribution in [2.45, 2.75) is 37.9 Å². The normalized spacial score (nSPS) is 18.6. The third-order valence-corrected chi connectivity index (χ3v) is 6.04. The largest absolute Gasteiger partial charge is 0.416 e. The van der Waals surface area contributed by atoms with E-state index in [1.54, 1.807) is 30.3 Å². The highest BCUT2D eigenvalue weighted by Crippen LogP contribution is 2.32. The van der Waals surface area contributed by atoms with E-state index < -0.39 is 11.7 Å². The lowest BCUT2D eigenvalue weighted by molar-refractivity contribution is -0.137. The lowest BCUT2D eigenvalue weighted by Crippen LogP contribution is -2.46. The molecule has 30 heavy (non-hydrogen) atoms. The summed E-state index contributed by atoms with van der Waals surface area (Å²) in [6.45, 7) is 3.72. The maximum absolute atomic E-state index is 13.2. The summed E-state index contributed by atoms with van der Waals surface area (Å²) < 4.78 is 39.0. The molecule has 0 unspecified atom stereocenters. The standard InChI is InChI=1S/C23H26F3N3O/c24-23(25,26)17-6-5-7-18(16-17)27-21-9-2-1-8-20(21)22(30)29-14-10-19(11-15-29)28-12-3-4-13-28/h1-2,5-9,16,19,27H,3-4,10-15H2. The molecule has 0 aliphatic carbocycles. The van der Waals surface area contributed by atoms with E-state index in [1.807, 2.05) is 4.90 Å². The number of hydrogen-bond donors (Lipinski definition) is 1. The van der Waals surface area contributed by atoms with Crippen molar-refractivity contribution in [1.82, 2.24) is 9.80 Å². The number of rotatable bonds is 4. The van der Waals surface area contributed by atoms with Crippen molar-refractivity contribution in [3.05, 3.63) is 59.7 Å². The fourth-order valence-corrected chi connectivity index (χ4v) is 4.42. The Morgan fingerprint density at radius 1 is 0.933 bits per heavy atom. The molecular weight excluding hydrogens is 391 g/mol. The van der Waals surface area contributed by atoms with Crippen LogP contribution in [0.4, 0.5) is 24.5 Å². The van der Waals surface area contributed by atoms with E-state index in [9.17, 15) is 18.0 Å². The zero-order chi connectivity index (χ0) is 21.1. The second-order valence-corrected chi connectivity index (χ2v) is 8.02. The Kier molecular flexibility index (Phi) is 5.99. The second kappa shape index (κ2) is 8.68. The Morgan fingerprint density at radius 3 is 2.33 bits per heavy atom. The SMILES string of the molecule is O=C(c1ccccc1Nc1cccc(C(F)(F)F)c1)N1CCC(N2CCCC2)CC1. The molecule has 0 radical (unpaired) electrons. The number of carbonyl (C=O) groups excluding carboxylic acids is 1. The van der Waals surface area contributed by atoms with E-state index in [4.69, 9.17) is 0 Å². The number of alkyl halides is 3. The van der Waals surface area contributed by atoms with Gasteiger partial charge in [0.25, 0.3) is 5.91 Å². The van der Waals surface area contributed by atoms with E-state index in [2.05, 4.69) is 10.2 Å². The minimum atomic E-state index is -4.41. The van der Waals surface area contributed by atoms with Gasteiger partial charge >= 0.3 is 6.18 Å². The molecule has 7 heteroatoms. The van der Waals surface area contributed by atoms with Crippen molar-refractivity contribution in [3.8, 4) is 0 Å². The number of carbonyl (C=O) groups is 1. The first-order valence-corrected chi connectivity index (χ1v) is 10.5. The Hall–Kier alpha value is -2.54. The number of hydrogen-bond acceptors (Lipinski definition) is 3. The van der Waals surface area contributed by atoms with Crippen LogP contribution in [0.5, 0.6) is 0 Å². The van der Waals surface area contributed by atoms with Gasteiger partial charge in [-0.15, -0.1) is 0 Å². The van der Waals surface area contributed by atoms with Crippen LogP contribution in [0.3, 0.4) is 0 Å². The molecule has 2 aliphatic rings. The number of anilines is 2. The lowest BCUT2D eigenvalue weighted by Gasteiger charge is -2.37. The fraction of sp³-hybridized carbons (Fsp3) is 0.435. The average molecular weight is 417 g/mol. The number of amides is 1. The molecular formula is C23H26F3N3O. The van der Waals surface area contributed by atoms with E-state index in [-0.39, 0.29) is 5.91 Å². The molecule has 0 spiro atoms. The number of nitrogens with zero attached hydrogens (tertiary/aromatic N) is 2. The third kappa shape index (κ3) is 4.61. The zero-order valence-electron chi connectivity index (χ0n) is 16.8. The number of likely N-dealkylation sites (tertiary alicyclic amines) is 2. The smallest absolute Gasteiger partial charge is 0.355 e. The maximum Gasteiger partial charge on any atom is 0.416 e. The van der Waals surface area contributed by atoms with Crippen LogP contribution in [-0.4, -0.2) is 47.9 Å². The predicted octanol–water partition coefficient (Wildman–Crippen LogP) is 5.15. The molecule has 2 heterocycles. The Bertz CT molecular complexity index is 885. The third-order valence-electron chi connectivity index (χ3n) is 6.04. The van der Waals surface area contributed by atoms with Crippen LogP contribution in [0.25, 0.3) is 0 Å². The topological polar surface area (TPSA) is 35.6 Å². The highest BCUT2D eigenvalue weighted by atomic mass is 19.4. The van der Waals surface area contributed by atoms with Gasteiger partial charge in [0, 0.05) is 24.8 Å². The summed E-state index contributed by atoms with van der Waals surface area (Å²) in [6.07, 6.45) is 0.0398. The van der Waals surface area contributed by atoms with Crippen LogP contribution in [0.15, 0.2) is 48.5 Å². The van der Waals surface area contributed by atoms with E-state index in [0.29, 0.717) is 36.1 Å². The first-order valence-electron chi connectivity index (χ1n) is 10.5. The molecule has 160 valence electrons. The monoisotopic (exact) mass is 417 g/mol. The number of para-hydroxylation sites is 1. The van der Waals surface area contributed by atoms with Crippen LogP contribution in [0.1, 0.15) is 41.6 Å². The number of benzene rings is 2. The number of piperidine rings is 1. The summed E-state index contributed by atoms with van der Waals surface area (Å²) >= 11 is 0. The maximum atomic E-state index is 13.2. The van der Waals surface area contributed by atoms with Crippen molar-refractivity contribution in [3.63, 3.8) is 0 Å². The van der Waals surface area contributed by atoms with Crippen LogP contribution >= 0.6 is 0 Å². The van der Waals surface area contributed by atoms with Gasteiger partial charge in [0.05, 0.1) is 16.8 Å². The Balaban J connectivity index is 1.46. The number of halogens is 3. The molecule has 2 aromatic carbocycles. The van der Waals surface area contributed by atoms with Crippen molar-refractivity contribution in [2.24, 2.45) is 0 Å². The quantitative estimate of drug-likeness (QED) is 0.747. The van der Waals surface area contributed by atoms with Crippen LogP contribution in [-0.2, 0) is 6.18 Å². The Labute approximate surface area is 174 Å². The summed E-state index contributed by atoms with van der Waals surface area (Å²) in [5, 5.41) is 3.00. The summed E-state index contributed by atoms with van der Waals surface area (Å²) in [5.41, 5.74) is 0.580. The molecule has 4 nitrogen and oxygen atoms in total. The minimum absolute atomic E-state index is 0.0788. The molecule has 4 rings (SSSR count). The first kappa shape index (κ1) is 20.7. The van der Waals surface area contributed by atoms with Crippen molar-refractivity contribution < 1.29 is 18.0 Å². The average Bonchev–Trinajstić information content (AvgIpc) is 3.28. The molecule has 1 amide bonds. The van der Waals surface area contributed by atoms with E-state index >= 15 is 0 Å². The van der Waals surface area contributed by atoms with Gasteiger partial charge in [-0.3, -0.25) is 4.79 Å². The van der Waals surface area contributed by atoms with Gasteiger partial charge in [0.2, 0.25) is 0 Å². The fourth-order valence-electron chi connectivity index (χ4n) is 4.42. The highest BCUT2D eigenvalue weighted by Gasteiger charge is 2.31. The molecule has 2 aliphatic heterocycles. The molecule has 1 N–H and O–H groups in total. The van der Waals surface area contributed by atoms with E-state index in [0.717, 1.165) is 38.1 Å². The van der Waals surface area contributed by atoms with Gasteiger partial charge in [-0.25, -0.2) is 0 Å². The molecule has 2 aromatic rings. The van der Waals surface area contributed by atoms with Crippen LogP contribution in [0.2, 0.25) is 0 Å². The molecule has 2 saturated heterocycles. The molecule has 2 fully saturated rings. The van der Waals surface area contributed by atoms with Gasteiger partial charge in [-0.05, 0) is 69.1 Å². The molecule has 0 bridgehead atoms. The predicted molar refractivity (Wildman–Crippen MR) is 111 cm³/mol. The van der Waals surface area contributed by atoms with Gasteiger partial charge in [0.15, 0.2) is 0 Å². The van der Waals surface area contributed by atoms with Crippen molar-refractivity contribution in [2.75, 3.05) is 31.5 Å². The van der Waals surface area contributed by atoms with E-state index in [1.165, 1.54) is 18.9 Å². The number of nitrogens with one attached hydrogen (secondary N) is 1. The van der Waals surface area contributed by atoms with Gasteiger partial charge in [0.1, 0.15) is 0 Å². The van der Waals surface area contributed by atoms with Gasteiger partial charge < -0.3 is 15.1 Å². The molecule has 0 atom stereocenters. The van der Waals surface area contributed by atoms with Crippen LogP contribution < -0.4 is 5.32 Å². The van der Waals surface area contributed by atoms with Crippen molar-refractivity contribution >= 4 is 17.3 Å². The van der Waals surface area contributed by atoms with Crippen LogP contribution in [0, 0.1) is 0 Å². The lowest BCUT2D eigenvalue weighted by atomic mass is 10.0. The zero-order valence-corrected chi connectivity index (χ0v) is 16.8. The Morgan fingerprint density at radius 2 is 1.63 bits per heavy atom. The van der Waals surface area contributed by atoms with Crippen molar-refractivity contribution in [1.29, 1.82) is 0 Å². The summed E-state index contributed by atoms with van der Waals surface area (Å²) in [4.78, 5) is 17.6. The molecule has 0 aromatic heterocycles. The summed E-state index contributed by atoms with van der Waals surface area (Å²) in [7, 11) is 0. The highest BCUT2D eigenvalue weighted by molar-refractivity contribution is 6.00. The first-order chi connectivity index (χ1) is 14.4. The molecule has 0 saturated carbocycles. The minimum Gasteiger partial charge on any atom is -0.355 e. The van der Waals surface area contributed by atoms with Gasteiger partial charge in [-0.2, -0.15) is 13.2 Å². The summed E-state index contributed by atoms with van der Waals surface area (Å²) in [5.74, 6) is -0.0788. The van der Waals surface area contributed by atoms with Gasteiger partial charge in [-0.1, -0.05) is 18.2 Å². The second-order valence-electron chi connectivity index (χ2n) is 8.02.